The van der Waals surface area contributed by atoms with Crippen LogP contribution in [0.1, 0.15) is 50.6 Å². The van der Waals surface area contributed by atoms with E-state index in [2.05, 4.69) is 15.3 Å². The van der Waals surface area contributed by atoms with Crippen LogP contribution in [0.4, 0.5) is 0 Å². The molecule has 0 aliphatic carbocycles. The Morgan fingerprint density at radius 3 is 2.39 bits per heavy atom. The van der Waals surface area contributed by atoms with E-state index in [1.807, 2.05) is 34.0 Å². The molecule has 6 heteroatoms. The van der Waals surface area contributed by atoms with Crippen molar-refractivity contribution in [2.45, 2.75) is 64.6 Å². The number of aliphatic hydroxyl groups is 1. The second-order valence-electron chi connectivity index (χ2n) is 6.30. The van der Waals surface area contributed by atoms with Crippen LogP contribution in [0.3, 0.4) is 0 Å². The number of hydrogen-bond acceptors (Lipinski definition) is 5. The van der Waals surface area contributed by atoms with E-state index >= 15 is 0 Å². The number of hydrogen-bond donors (Lipinski definition) is 2. The van der Waals surface area contributed by atoms with Crippen molar-refractivity contribution in [3.63, 3.8) is 0 Å². The molecule has 130 valence electrons. The van der Waals surface area contributed by atoms with Gasteiger partial charge in [0.15, 0.2) is 5.16 Å². The van der Waals surface area contributed by atoms with Gasteiger partial charge in [0.2, 0.25) is 5.91 Å². The van der Waals surface area contributed by atoms with Gasteiger partial charge < -0.3 is 10.4 Å². The molecule has 1 heterocycles. The Kier molecular flexibility index (Phi) is 7.48. The van der Waals surface area contributed by atoms with Crippen LogP contribution in [0.15, 0.2) is 5.16 Å². The Hall–Kier alpha value is -1.14. The maximum atomic E-state index is 12.1. The number of nitrogens with one attached hydrogen (secondary N) is 1. The van der Waals surface area contributed by atoms with Crippen molar-refractivity contribution < 1.29 is 9.90 Å². The fraction of sp³-hybridized carbons (Fsp3) is 0.706. The molecule has 1 amide bonds. The van der Waals surface area contributed by atoms with Gasteiger partial charge in [0.05, 0.1) is 5.60 Å². The highest BCUT2D eigenvalue weighted by Gasteiger charge is 2.27. The molecule has 2 N–H and O–H groups in total. The van der Waals surface area contributed by atoms with Gasteiger partial charge in [-0.15, -0.1) is 0 Å². The highest BCUT2D eigenvalue weighted by atomic mass is 32.2. The topological polar surface area (TPSA) is 75.1 Å². The maximum absolute atomic E-state index is 12.1. The van der Waals surface area contributed by atoms with Crippen LogP contribution in [0.25, 0.3) is 0 Å². The Bertz CT molecular complexity index is 524. The summed E-state index contributed by atoms with van der Waals surface area (Å²) in [6.45, 7) is 9.98. The molecule has 0 aliphatic heterocycles. The molecule has 1 aromatic heterocycles. The van der Waals surface area contributed by atoms with E-state index < -0.39 is 5.60 Å². The van der Waals surface area contributed by atoms with Crippen LogP contribution < -0.4 is 5.32 Å². The van der Waals surface area contributed by atoms with Gasteiger partial charge in [-0.1, -0.05) is 32.0 Å². The fourth-order valence-electron chi connectivity index (χ4n) is 2.38. The van der Waals surface area contributed by atoms with E-state index in [9.17, 15) is 9.90 Å². The Morgan fingerprint density at radius 1 is 1.35 bits per heavy atom. The number of carbonyl (C=O) groups excluding carboxylic acids is 1. The molecule has 5 nitrogen and oxygen atoms in total. The number of carbonyl (C=O) groups is 1. The zero-order chi connectivity index (χ0) is 17.6. The predicted octanol–water partition coefficient (Wildman–Crippen LogP) is 2.66. The van der Waals surface area contributed by atoms with Gasteiger partial charge in [-0.2, -0.15) is 0 Å². The van der Waals surface area contributed by atoms with Gasteiger partial charge >= 0.3 is 0 Å². The first kappa shape index (κ1) is 19.9. The summed E-state index contributed by atoms with van der Waals surface area (Å²) in [6, 6.07) is 0. The summed E-state index contributed by atoms with van der Waals surface area (Å²) in [6.07, 6.45) is 3.81. The van der Waals surface area contributed by atoms with E-state index in [4.69, 9.17) is 0 Å². The van der Waals surface area contributed by atoms with Crippen molar-refractivity contribution in [2.24, 2.45) is 5.92 Å². The monoisotopic (exact) mass is 339 g/mol. The summed E-state index contributed by atoms with van der Waals surface area (Å²) in [4.78, 5) is 20.9. The van der Waals surface area contributed by atoms with Gasteiger partial charge in [-0.25, -0.2) is 9.97 Å². The summed E-state index contributed by atoms with van der Waals surface area (Å²) >= 11 is 1.52. The first-order chi connectivity index (χ1) is 10.7. The molecular formula is C17H29N3O2S. The van der Waals surface area contributed by atoms with Gasteiger partial charge in [0.25, 0.3) is 0 Å². The van der Waals surface area contributed by atoms with Gasteiger partial charge in [-0.05, 0) is 44.9 Å². The first-order valence-corrected chi connectivity index (χ1v) is 9.30. The molecule has 1 aromatic rings. The molecule has 0 spiro atoms. The molecule has 2 atom stereocenters. The van der Waals surface area contributed by atoms with E-state index in [-0.39, 0.29) is 18.4 Å². The average Bonchev–Trinajstić information content (AvgIpc) is 2.50. The van der Waals surface area contributed by atoms with Crippen molar-refractivity contribution in [3.05, 3.63) is 17.0 Å². The summed E-state index contributed by atoms with van der Waals surface area (Å²) in [7, 11) is 0. The minimum Gasteiger partial charge on any atom is -0.388 e. The van der Waals surface area contributed by atoms with Crippen LogP contribution in [-0.4, -0.2) is 39.4 Å². The molecule has 0 radical (unpaired) electrons. The third-order valence-corrected chi connectivity index (χ3v) is 5.05. The third-order valence-electron chi connectivity index (χ3n) is 4.50. The SMILES string of the molecule is CC[C@@H](C)[C@@](C)(O)CNC(=O)CCc1c(C)nc(SC)nc1C. The van der Waals surface area contributed by atoms with E-state index in [1.165, 1.54) is 11.8 Å². The molecule has 0 saturated carbocycles. The number of amides is 1. The van der Waals surface area contributed by atoms with Crippen LogP contribution in [0.2, 0.25) is 0 Å². The lowest BCUT2D eigenvalue weighted by Crippen LogP contribution is -2.45. The second kappa shape index (κ2) is 8.64. The first-order valence-electron chi connectivity index (χ1n) is 8.08. The summed E-state index contributed by atoms with van der Waals surface area (Å²) in [5.74, 6) is 0.0844. The van der Waals surface area contributed by atoms with Crippen LogP contribution in [-0.2, 0) is 11.2 Å². The standard InChI is InChI=1S/C17H29N3O2S/c1-7-11(2)17(5,22)10-18-15(21)9-8-14-12(3)19-16(23-6)20-13(14)4/h11,22H,7-10H2,1-6H3,(H,18,21)/t11-,17+/m1/s1. The molecule has 0 aromatic carbocycles. The lowest BCUT2D eigenvalue weighted by atomic mass is 9.88. The summed E-state index contributed by atoms with van der Waals surface area (Å²) in [5.41, 5.74) is 2.02. The third kappa shape index (κ3) is 5.77. The highest BCUT2D eigenvalue weighted by molar-refractivity contribution is 7.98. The molecular weight excluding hydrogens is 310 g/mol. The quantitative estimate of drug-likeness (QED) is 0.562. The number of aryl methyl sites for hydroxylation is 2. The smallest absolute Gasteiger partial charge is 0.220 e. The molecule has 23 heavy (non-hydrogen) atoms. The Morgan fingerprint density at radius 2 is 1.91 bits per heavy atom. The highest BCUT2D eigenvalue weighted by Crippen LogP contribution is 2.19. The van der Waals surface area contributed by atoms with Gasteiger partial charge in [0, 0.05) is 24.4 Å². The van der Waals surface area contributed by atoms with Crippen LogP contribution >= 0.6 is 11.8 Å². The normalized spacial score (nSPS) is 15.1. The molecule has 0 saturated heterocycles. The fourth-order valence-corrected chi connectivity index (χ4v) is 2.84. The van der Waals surface area contributed by atoms with Crippen LogP contribution in [0, 0.1) is 19.8 Å². The van der Waals surface area contributed by atoms with Crippen molar-refractivity contribution in [2.75, 3.05) is 12.8 Å². The minimum atomic E-state index is -0.876. The number of nitrogens with zero attached hydrogens (tertiary/aromatic N) is 2. The Balaban J connectivity index is 2.57. The predicted molar refractivity (Wildman–Crippen MR) is 94.7 cm³/mol. The second-order valence-corrected chi connectivity index (χ2v) is 7.08. The van der Waals surface area contributed by atoms with Crippen molar-refractivity contribution >= 4 is 17.7 Å². The van der Waals surface area contributed by atoms with E-state index in [1.54, 1.807) is 6.92 Å². The van der Waals surface area contributed by atoms with E-state index in [0.717, 1.165) is 28.5 Å². The van der Waals surface area contributed by atoms with Gasteiger partial charge in [-0.3, -0.25) is 4.79 Å². The number of thioether (sulfide) groups is 1. The largest absolute Gasteiger partial charge is 0.388 e. The van der Waals surface area contributed by atoms with Gasteiger partial charge in [0.1, 0.15) is 0 Å². The zero-order valence-electron chi connectivity index (χ0n) is 15.1. The summed E-state index contributed by atoms with van der Waals surface area (Å²) < 4.78 is 0. The maximum Gasteiger partial charge on any atom is 0.220 e. The van der Waals surface area contributed by atoms with E-state index in [0.29, 0.717) is 12.8 Å². The molecule has 0 bridgehead atoms. The zero-order valence-corrected chi connectivity index (χ0v) is 15.9. The molecule has 0 aliphatic rings. The molecule has 1 rings (SSSR count). The molecule has 0 unspecified atom stereocenters. The minimum absolute atomic E-state index is 0.0543. The lowest BCUT2D eigenvalue weighted by molar-refractivity contribution is -0.122. The van der Waals surface area contributed by atoms with Crippen molar-refractivity contribution in [3.8, 4) is 0 Å². The Labute approximate surface area is 143 Å². The van der Waals surface area contributed by atoms with Crippen LogP contribution in [0.5, 0.6) is 0 Å². The average molecular weight is 340 g/mol. The number of rotatable bonds is 8. The van der Waals surface area contributed by atoms with Crippen molar-refractivity contribution in [1.29, 1.82) is 0 Å². The molecule has 0 fully saturated rings. The van der Waals surface area contributed by atoms with Crippen molar-refractivity contribution in [1.82, 2.24) is 15.3 Å². The number of aromatic nitrogens is 2. The summed E-state index contributed by atoms with van der Waals surface area (Å²) in [5, 5.41) is 13.9. The lowest BCUT2D eigenvalue weighted by Gasteiger charge is -2.29.